The molecule has 4 saturated carbocycles. The van der Waals surface area contributed by atoms with Gasteiger partial charge in [-0.05, 0) is 82.0 Å². The van der Waals surface area contributed by atoms with Crippen molar-refractivity contribution in [2.75, 3.05) is 0 Å². The molecule has 0 amide bonds. The molecule has 0 spiro atoms. The van der Waals surface area contributed by atoms with Crippen LogP contribution in [-0.4, -0.2) is 33.4 Å². The van der Waals surface area contributed by atoms with Crippen LogP contribution in [0, 0.1) is 28.6 Å². The lowest BCUT2D eigenvalue weighted by Gasteiger charge is -2.58. The predicted octanol–water partition coefficient (Wildman–Crippen LogP) is 3.63. The number of aliphatic carboxylic acids is 2. The second kappa shape index (κ2) is 6.84. The van der Waals surface area contributed by atoms with Gasteiger partial charge < -0.3 is 15.3 Å². The Morgan fingerprint density at radius 1 is 1.08 bits per heavy atom. The molecule has 0 aromatic heterocycles. The van der Waals surface area contributed by atoms with Crippen LogP contribution >= 0.6 is 0 Å². The topological polar surface area (TPSA) is 94.8 Å². The standard InChI is InChI=1S/C12H20O.C9H10O4/c1-8(13)12-5-9-2-10(6-12)4-11(3-9)7-12;1-9(8(12)13)4-2-3-6(5-9)7(10)11/h8-11,13H,2-7H2,1H3;2-4H,5H2,1H3,(H,10,11)(H,12,13). The molecule has 5 heteroatoms. The van der Waals surface area contributed by atoms with Gasteiger partial charge in [0.1, 0.15) is 0 Å². The van der Waals surface area contributed by atoms with E-state index in [0.29, 0.717) is 5.41 Å². The number of aliphatic hydroxyl groups excluding tert-OH is 1. The summed E-state index contributed by atoms with van der Waals surface area (Å²) in [5, 5.41) is 27.4. The van der Waals surface area contributed by atoms with Crippen LogP contribution in [0.1, 0.15) is 58.8 Å². The van der Waals surface area contributed by atoms with Crippen molar-refractivity contribution < 1.29 is 24.9 Å². The van der Waals surface area contributed by atoms with E-state index in [0.717, 1.165) is 17.8 Å². The summed E-state index contributed by atoms with van der Waals surface area (Å²) in [5.74, 6) is 0.856. The van der Waals surface area contributed by atoms with Crippen molar-refractivity contribution in [2.45, 2.75) is 64.9 Å². The average molecular weight is 362 g/mol. The van der Waals surface area contributed by atoms with Crippen molar-refractivity contribution >= 4 is 11.9 Å². The highest BCUT2D eigenvalue weighted by Crippen LogP contribution is 2.61. The van der Waals surface area contributed by atoms with Crippen molar-refractivity contribution in [3.05, 3.63) is 23.8 Å². The second-order valence-electron chi connectivity index (χ2n) is 9.21. The Kier molecular flexibility index (Phi) is 5.04. The van der Waals surface area contributed by atoms with Gasteiger partial charge in [0, 0.05) is 5.57 Å². The van der Waals surface area contributed by atoms with E-state index in [9.17, 15) is 14.7 Å². The minimum atomic E-state index is -1.08. The van der Waals surface area contributed by atoms with Gasteiger partial charge in [0.15, 0.2) is 0 Å². The van der Waals surface area contributed by atoms with Crippen molar-refractivity contribution in [1.29, 1.82) is 0 Å². The lowest BCUT2D eigenvalue weighted by Crippen LogP contribution is -2.50. The maximum Gasteiger partial charge on any atom is 0.331 e. The van der Waals surface area contributed by atoms with Crippen molar-refractivity contribution in [1.82, 2.24) is 0 Å². The highest BCUT2D eigenvalue weighted by atomic mass is 16.4. The summed E-state index contributed by atoms with van der Waals surface area (Å²) in [5.41, 5.74) is -0.593. The van der Waals surface area contributed by atoms with Gasteiger partial charge in [-0.1, -0.05) is 18.2 Å². The van der Waals surface area contributed by atoms with Crippen LogP contribution in [0.15, 0.2) is 23.8 Å². The third kappa shape index (κ3) is 3.59. The van der Waals surface area contributed by atoms with Crippen LogP contribution in [0.4, 0.5) is 0 Å². The molecule has 4 fully saturated rings. The average Bonchev–Trinajstić information content (AvgIpc) is 2.54. The molecule has 0 saturated heterocycles. The van der Waals surface area contributed by atoms with Gasteiger partial charge in [0.2, 0.25) is 0 Å². The van der Waals surface area contributed by atoms with E-state index in [-0.39, 0.29) is 18.1 Å². The first-order valence-electron chi connectivity index (χ1n) is 9.67. The third-order valence-corrected chi connectivity index (χ3v) is 7.05. The fourth-order valence-corrected chi connectivity index (χ4v) is 5.87. The summed E-state index contributed by atoms with van der Waals surface area (Å²) >= 11 is 0. The lowest BCUT2D eigenvalue weighted by atomic mass is 9.48. The number of carboxylic acids is 2. The number of aliphatic hydroxyl groups is 1. The minimum Gasteiger partial charge on any atom is -0.481 e. The molecule has 0 heterocycles. The molecule has 3 N–H and O–H groups in total. The Balaban J connectivity index is 0.000000151. The molecule has 5 aliphatic carbocycles. The highest BCUT2D eigenvalue weighted by molar-refractivity contribution is 5.90. The number of hydrogen-bond donors (Lipinski definition) is 3. The molecule has 0 aromatic rings. The molecule has 4 bridgehead atoms. The van der Waals surface area contributed by atoms with Gasteiger partial charge >= 0.3 is 11.9 Å². The molecule has 2 atom stereocenters. The van der Waals surface area contributed by atoms with Crippen LogP contribution in [0.25, 0.3) is 0 Å². The van der Waals surface area contributed by atoms with E-state index >= 15 is 0 Å². The number of hydrogen-bond acceptors (Lipinski definition) is 3. The maximum atomic E-state index is 10.8. The van der Waals surface area contributed by atoms with Gasteiger partial charge in [-0.2, -0.15) is 0 Å². The molecule has 26 heavy (non-hydrogen) atoms. The zero-order chi connectivity index (χ0) is 19.1. The zero-order valence-electron chi connectivity index (χ0n) is 15.6. The van der Waals surface area contributed by atoms with Crippen LogP contribution < -0.4 is 0 Å². The number of carbonyl (C=O) groups is 2. The first-order valence-corrected chi connectivity index (χ1v) is 9.67. The van der Waals surface area contributed by atoms with Crippen molar-refractivity contribution in [3.8, 4) is 0 Å². The predicted molar refractivity (Wildman–Crippen MR) is 97.5 cm³/mol. The van der Waals surface area contributed by atoms with Crippen LogP contribution in [-0.2, 0) is 9.59 Å². The molecule has 5 nitrogen and oxygen atoms in total. The molecule has 144 valence electrons. The molecular formula is C21H30O5. The summed E-state index contributed by atoms with van der Waals surface area (Å²) in [6.45, 7) is 3.52. The van der Waals surface area contributed by atoms with Gasteiger partial charge in [0.05, 0.1) is 11.5 Å². The number of carboxylic acid groups (broad SMARTS) is 2. The van der Waals surface area contributed by atoms with E-state index in [1.54, 1.807) is 0 Å². The highest BCUT2D eigenvalue weighted by Gasteiger charge is 2.52. The molecule has 0 aliphatic heterocycles. The fraction of sp³-hybridized carbons (Fsp3) is 0.714. The number of allylic oxidation sites excluding steroid dienone is 2. The Hall–Kier alpha value is -1.62. The summed E-state index contributed by atoms with van der Waals surface area (Å²) in [4.78, 5) is 21.3. The third-order valence-electron chi connectivity index (χ3n) is 7.05. The van der Waals surface area contributed by atoms with E-state index < -0.39 is 17.4 Å². The SMILES string of the molecule is CC(O)C12CC3CC(CC(C3)C1)C2.CC1(C(=O)O)C=CC=C(C(=O)O)C1. The molecule has 2 unspecified atom stereocenters. The minimum absolute atomic E-state index is 0.0359. The zero-order valence-corrected chi connectivity index (χ0v) is 15.6. The van der Waals surface area contributed by atoms with Gasteiger partial charge in [-0.15, -0.1) is 0 Å². The largest absolute Gasteiger partial charge is 0.481 e. The molecule has 0 aromatic carbocycles. The monoisotopic (exact) mass is 362 g/mol. The van der Waals surface area contributed by atoms with Crippen molar-refractivity contribution in [2.24, 2.45) is 28.6 Å². The van der Waals surface area contributed by atoms with Crippen molar-refractivity contribution in [3.63, 3.8) is 0 Å². The van der Waals surface area contributed by atoms with Crippen LogP contribution in [0.5, 0.6) is 0 Å². The lowest BCUT2D eigenvalue weighted by molar-refractivity contribution is -0.145. The van der Waals surface area contributed by atoms with Crippen LogP contribution in [0.2, 0.25) is 0 Å². The normalized spacial score (nSPS) is 41.0. The van der Waals surface area contributed by atoms with Crippen LogP contribution in [0.3, 0.4) is 0 Å². The quantitative estimate of drug-likeness (QED) is 0.712. The van der Waals surface area contributed by atoms with E-state index in [1.165, 1.54) is 63.7 Å². The Labute approximate surface area is 154 Å². The molecule has 5 rings (SSSR count). The summed E-state index contributed by atoms with van der Waals surface area (Å²) in [7, 11) is 0. The Morgan fingerprint density at radius 2 is 1.58 bits per heavy atom. The second-order valence-corrected chi connectivity index (χ2v) is 9.21. The first-order chi connectivity index (χ1) is 12.1. The smallest absolute Gasteiger partial charge is 0.331 e. The van der Waals surface area contributed by atoms with E-state index in [4.69, 9.17) is 10.2 Å². The van der Waals surface area contributed by atoms with Gasteiger partial charge in [0.25, 0.3) is 0 Å². The van der Waals surface area contributed by atoms with E-state index in [1.807, 2.05) is 6.92 Å². The number of rotatable bonds is 3. The van der Waals surface area contributed by atoms with Gasteiger partial charge in [-0.3, -0.25) is 4.79 Å². The Bertz CT molecular complexity index is 610. The summed E-state index contributed by atoms with van der Waals surface area (Å²) < 4.78 is 0. The molecule has 0 radical (unpaired) electrons. The Morgan fingerprint density at radius 3 is 1.96 bits per heavy atom. The fourth-order valence-electron chi connectivity index (χ4n) is 5.87. The maximum absolute atomic E-state index is 10.8. The summed E-state index contributed by atoms with van der Waals surface area (Å²) in [6.07, 6.45) is 12.8. The van der Waals surface area contributed by atoms with E-state index in [2.05, 4.69) is 0 Å². The molecule has 5 aliphatic rings. The first kappa shape index (κ1) is 19.2. The summed E-state index contributed by atoms with van der Waals surface area (Å²) in [6, 6.07) is 0. The van der Waals surface area contributed by atoms with Gasteiger partial charge in [-0.25, -0.2) is 4.79 Å². The molecular weight excluding hydrogens is 332 g/mol.